The molecule has 0 saturated carbocycles. The molecule has 1 aliphatic rings. The van der Waals surface area contributed by atoms with E-state index >= 15 is 0 Å². The third-order valence-corrected chi connectivity index (χ3v) is 6.31. The van der Waals surface area contributed by atoms with Crippen LogP contribution in [0.15, 0.2) is 12.1 Å². The first-order chi connectivity index (χ1) is 6.72. The van der Waals surface area contributed by atoms with Gasteiger partial charge in [-0.05, 0) is 68.4 Å². The van der Waals surface area contributed by atoms with Crippen molar-refractivity contribution in [2.75, 3.05) is 0 Å². The first kappa shape index (κ1) is 10.0. The Kier molecular flexibility index (Phi) is 2.66. The van der Waals surface area contributed by atoms with Gasteiger partial charge in [-0.2, -0.15) is 0 Å². The summed E-state index contributed by atoms with van der Waals surface area (Å²) in [5.41, 5.74) is 3.12. The molecule has 3 rings (SSSR count). The molecular weight excluding hydrogens is 438 g/mol. The predicted molar refractivity (Wildman–Crippen MR) is 79.7 cm³/mol. The number of hydrogen-bond acceptors (Lipinski definition) is 2. The highest BCUT2D eigenvalue weighted by atomic mass is 127. The van der Waals surface area contributed by atoms with Crippen molar-refractivity contribution < 1.29 is 0 Å². The maximum absolute atomic E-state index is 2.43. The van der Waals surface area contributed by atoms with Crippen molar-refractivity contribution >= 4 is 67.9 Å². The van der Waals surface area contributed by atoms with Gasteiger partial charge in [0.2, 0.25) is 0 Å². The van der Waals surface area contributed by atoms with Crippen LogP contribution in [0.4, 0.5) is 0 Å². The average Bonchev–Trinajstić information content (AvgIpc) is 2.59. The second kappa shape index (κ2) is 3.71. The smallest absolute Gasteiger partial charge is 0.0659 e. The number of thiophene rings is 2. The first-order valence-corrected chi connectivity index (χ1v) is 8.05. The van der Waals surface area contributed by atoms with Gasteiger partial charge in [-0.15, -0.1) is 22.7 Å². The van der Waals surface area contributed by atoms with Gasteiger partial charge in [0.25, 0.3) is 0 Å². The Bertz CT molecular complexity index is 411. The van der Waals surface area contributed by atoms with Crippen molar-refractivity contribution in [3.05, 3.63) is 38.8 Å². The summed E-state index contributed by atoms with van der Waals surface area (Å²) in [6, 6.07) is 4.69. The minimum atomic E-state index is 1.16. The number of hydrogen-bond donors (Lipinski definition) is 0. The molecule has 2 heterocycles. The second-order valence-corrected chi connectivity index (χ2v) is 9.41. The Morgan fingerprint density at radius 2 is 1.29 bits per heavy atom. The van der Waals surface area contributed by atoms with E-state index in [1.165, 1.54) is 5.77 Å². The molecule has 4 heteroatoms. The maximum Gasteiger partial charge on any atom is 0.0659 e. The Morgan fingerprint density at radius 3 is 1.71 bits per heavy atom. The molecular formula is C10H6I2S2. The summed E-state index contributed by atoms with van der Waals surface area (Å²) in [7, 11) is 0. The molecule has 0 atom stereocenters. The van der Waals surface area contributed by atoms with E-state index in [1.807, 2.05) is 22.7 Å². The van der Waals surface area contributed by atoms with E-state index in [1.54, 1.807) is 20.9 Å². The maximum atomic E-state index is 2.43. The zero-order valence-electron chi connectivity index (χ0n) is 7.14. The van der Waals surface area contributed by atoms with E-state index < -0.39 is 0 Å². The van der Waals surface area contributed by atoms with Crippen LogP contribution in [0.25, 0.3) is 0 Å². The second-order valence-electron chi connectivity index (χ2n) is 3.35. The molecule has 0 aliphatic heterocycles. The molecule has 0 nitrogen and oxygen atoms in total. The van der Waals surface area contributed by atoms with Crippen molar-refractivity contribution in [1.82, 2.24) is 0 Å². The van der Waals surface area contributed by atoms with Crippen LogP contribution in [0.1, 0.15) is 20.9 Å². The minimum Gasteiger partial charge on any atom is -0.134 e. The fourth-order valence-electron chi connectivity index (χ4n) is 1.80. The molecule has 2 aromatic rings. The summed E-state index contributed by atoms with van der Waals surface area (Å²) < 4.78 is 2.86. The fourth-order valence-corrected chi connectivity index (χ4v) is 6.00. The molecule has 2 aromatic heterocycles. The van der Waals surface area contributed by atoms with Crippen LogP contribution in [0.3, 0.4) is 0 Å². The van der Waals surface area contributed by atoms with Gasteiger partial charge in [0.15, 0.2) is 0 Å². The average molecular weight is 444 g/mol. The summed E-state index contributed by atoms with van der Waals surface area (Å²) in [6.45, 7) is 0. The lowest BCUT2D eigenvalue weighted by atomic mass is 9.99. The normalized spacial score (nSPS) is 13.9. The molecule has 0 aromatic carbocycles. The van der Waals surface area contributed by atoms with Gasteiger partial charge in [0.1, 0.15) is 0 Å². The summed E-state index contributed by atoms with van der Waals surface area (Å²) in [4.78, 5) is 3.16. The predicted octanol–water partition coefficient (Wildman–Crippen LogP) is 4.51. The Labute approximate surface area is 118 Å². The van der Waals surface area contributed by atoms with Gasteiger partial charge in [-0.25, -0.2) is 0 Å². The number of fused-ring (bicyclic) bond motifs is 2. The quantitative estimate of drug-likeness (QED) is 0.448. The third-order valence-electron chi connectivity index (χ3n) is 2.44. The van der Waals surface area contributed by atoms with E-state index in [9.17, 15) is 0 Å². The minimum absolute atomic E-state index is 1.16. The van der Waals surface area contributed by atoms with Crippen LogP contribution in [0, 0.1) is 5.77 Å². The highest BCUT2D eigenvalue weighted by Crippen LogP contribution is 2.37. The van der Waals surface area contributed by atoms with Crippen LogP contribution in [0.2, 0.25) is 0 Å². The van der Waals surface area contributed by atoms with Crippen molar-refractivity contribution in [3.63, 3.8) is 0 Å². The van der Waals surface area contributed by atoms with Crippen LogP contribution in [0.5, 0.6) is 0 Å². The molecule has 14 heavy (non-hydrogen) atoms. The summed E-state index contributed by atoms with van der Waals surface area (Å²) >= 11 is 8.75. The zero-order valence-corrected chi connectivity index (χ0v) is 13.1. The molecule has 0 spiro atoms. The Morgan fingerprint density at radius 1 is 0.857 bits per heavy atom. The first-order valence-electron chi connectivity index (χ1n) is 4.26. The molecule has 0 amide bonds. The summed E-state index contributed by atoms with van der Waals surface area (Å²) in [5.74, 6) is 0. The van der Waals surface area contributed by atoms with Crippen molar-refractivity contribution in [2.45, 2.75) is 12.8 Å². The van der Waals surface area contributed by atoms with E-state index in [2.05, 4.69) is 57.3 Å². The highest BCUT2D eigenvalue weighted by Gasteiger charge is 2.19. The molecule has 0 radical (unpaired) electrons. The highest BCUT2D eigenvalue weighted by molar-refractivity contribution is 14.1. The van der Waals surface area contributed by atoms with Gasteiger partial charge in [0, 0.05) is 22.6 Å². The van der Waals surface area contributed by atoms with Crippen molar-refractivity contribution in [1.29, 1.82) is 0 Å². The van der Waals surface area contributed by atoms with Gasteiger partial charge in [-0.3, -0.25) is 0 Å². The lowest BCUT2D eigenvalue weighted by Crippen LogP contribution is -1.99. The topological polar surface area (TPSA) is 0 Å². The van der Waals surface area contributed by atoms with Crippen LogP contribution < -0.4 is 0 Å². The zero-order chi connectivity index (χ0) is 9.71. The van der Waals surface area contributed by atoms with E-state index in [-0.39, 0.29) is 0 Å². The summed E-state index contributed by atoms with van der Waals surface area (Å²) in [5, 5.41) is 0. The monoisotopic (exact) mass is 444 g/mol. The molecule has 0 fully saturated rings. The molecule has 0 unspecified atom stereocenters. The van der Waals surface area contributed by atoms with Gasteiger partial charge in [-0.1, -0.05) is 0 Å². The Balaban J connectivity index is 2.10. The van der Waals surface area contributed by atoms with Crippen molar-refractivity contribution in [2.24, 2.45) is 0 Å². The molecule has 0 saturated heterocycles. The Hall–Kier alpha value is 0.860. The SMILES string of the molecule is Ic1cc2c(s1)Cc1cc(I)sc1C2. The lowest BCUT2D eigenvalue weighted by molar-refractivity contribution is 1.07. The van der Waals surface area contributed by atoms with Gasteiger partial charge < -0.3 is 0 Å². The van der Waals surface area contributed by atoms with Gasteiger partial charge in [0.05, 0.1) is 5.77 Å². The molecule has 72 valence electrons. The number of rotatable bonds is 0. The van der Waals surface area contributed by atoms with Crippen LogP contribution >= 0.6 is 67.9 Å². The molecule has 0 N–H and O–H groups in total. The van der Waals surface area contributed by atoms with E-state index in [4.69, 9.17) is 0 Å². The van der Waals surface area contributed by atoms with E-state index in [0.29, 0.717) is 0 Å². The van der Waals surface area contributed by atoms with Crippen LogP contribution in [-0.4, -0.2) is 0 Å². The van der Waals surface area contributed by atoms with Crippen LogP contribution in [-0.2, 0) is 12.8 Å². The largest absolute Gasteiger partial charge is 0.134 e. The number of halogens is 2. The molecule has 1 aliphatic carbocycles. The molecule has 0 bridgehead atoms. The van der Waals surface area contributed by atoms with E-state index in [0.717, 1.165) is 12.8 Å². The fraction of sp³-hybridized carbons (Fsp3) is 0.200. The summed E-state index contributed by atoms with van der Waals surface area (Å²) in [6.07, 6.45) is 2.33. The standard InChI is InChI=1S/C10H6I2S2/c11-9-3-5-1-7-6(2-8(5)14-9)4-10(12)13-7/h3-4H,1-2H2. The lowest BCUT2D eigenvalue weighted by Gasteiger charge is -2.10. The van der Waals surface area contributed by atoms with Gasteiger partial charge >= 0.3 is 0 Å². The third kappa shape index (κ3) is 1.68. The van der Waals surface area contributed by atoms with Crippen molar-refractivity contribution in [3.8, 4) is 0 Å².